The van der Waals surface area contributed by atoms with E-state index in [2.05, 4.69) is 41.5 Å². The van der Waals surface area contributed by atoms with Crippen LogP contribution in [-0.4, -0.2) is 38.9 Å². The molecule has 1 N–H and O–H groups in total. The number of rotatable bonds is 7. The zero-order valence-electron chi connectivity index (χ0n) is 23.5. The Morgan fingerprint density at radius 3 is 2.40 bits per heavy atom. The van der Waals surface area contributed by atoms with E-state index in [1.165, 1.54) is 0 Å². The summed E-state index contributed by atoms with van der Waals surface area (Å²) in [7, 11) is 0. The smallest absolute Gasteiger partial charge is 0.240 e. The van der Waals surface area contributed by atoms with Gasteiger partial charge in [-0.2, -0.15) is 5.10 Å². The minimum absolute atomic E-state index is 0.121. The molecule has 2 amide bonds. The van der Waals surface area contributed by atoms with E-state index in [0.29, 0.717) is 12.4 Å². The zero-order chi connectivity index (χ0) is 29.1. The van der Waals surface area contributed by atoms with Crippen LogP contribution in [0, 0.1) is 13.8 Å². The molecule has 6 rings (SSSR count). The summed E-state index contributed by atoms with van der Waals surface area (Å²) in [6.07, 6.45) is 3.39. The van der Waals surface area contributed by atoms with E-state index in [0.717, 1.165) is 44.8 Å². The van der Waals surface area contributed by atoms with Crippen LogP contribution < -0.4 is 10.2 Å². The molecule has 0 fully saturated rings. The maximum Gasteiger partial charge on any atom is 0.240 e. The summed E-state index contributed by atoms with van der Waals surface area (Å²) >= 11 is 1.57. The Morgan fingerprint density at radius 2 is 1.67 bits per heavy atom. The number of fused-ring (bicyclic) bond motifs is 1. The number of pyridine rings is 1. The van der Waals surface area contributed by atoms with E-state index in [-0.39, 0.29) is 29.4 Å². The fraction of sp³-hybridized carbons (Fsp3) is 0.176. The summed E-state index contributed by atoms with van der Waals surface area (Å²) in [5, 5.41) is 7.98. The van der Waals surface area contributed by atoms with E-state index < -0.39 is 0 Å². The summed E-state index contributed by atoms with van der Waals surface area (Å²) in [5.74, 6) is 0.472. The van der Waals surface area contributed by atoms with Gasteiger partial charge >= 0.3 is 0 Å². The lowest BCUT2D eigenvalue weighted by Crippen LogP contribution is -2.42. The van der Waals surface area contributed by atoms with Gasteiger partial charge in [0, 0.05) is 30.1 Å². The van der Waals surface area contributed by atoms with E-state index in [1.807, 2.05) is 78.3 Å². The van der Waals surface area contributed by atoms with Crippen molar-refractivity contribution in [3.8, 4) is 16.9 Å². The molecule has 3 heterocycles. The second kappa shape index (κ2) is 12.0. The first-order valence-corrected chi connectivity index (χ1v) is 14.9. The minimum Gasteiger partial charge on any atom is -0.350 e. The highest BCUT2D eigenvalue weighted by Crippen LogP contribution is 2.48. The van der Waals surface area contributed by atoms with E-state index in [9.17, 15) is 9.59 Å². The van der Waals surface area contributed by atoms with Crippen molar-refractivity contribution in [2.75, 3.05) is 17.2 Å². The van der Waals surface area contributed by atoms with Crippen molar-refractivity contribution in [2.45, 2.75) is 25.6 Å². The third-order valence-electron chi connectivity index (χ3n) is 7.27. The van der Waals surface area contributed by atoms with Crippen molar-refractivity contribution < 1.29 is 9.59 Å². The van der Waals surface area contributed by atoms with Crippen molar-refractivity contribution in [1.29, 1.82) is 0 Å². The Bertz CT molecular complexity index is 1740. The standard InChI is InChI=1S/C34H31N5O2S/c1-23-8-6-12-27(18-23)33-31-32(26-10-4-3-5-11-26)37-39(28-13-7-9-24(2)19-28)34(31)38(30(41)22-42-33)21-29(40)36-20-25-14-16-35-17-15-25/h3-19,33H,20-22H2,1-2H3,(H,36,40)/t33-/m1/s1. The first-order valence-electron chi connectivity index (χ1n) is 13.9. The molecular formula is C34H31N5O2S. The largest absolute Gasteiger partial charge is 0.350 e. The van der Waals surface area contributed by atoms with Crippen LogP contribution in [0.2, 0.25) is 0 Å². The van der Waals surface area contributed by atoms with Crippen molar-refractivity contribution in [3.05, 3.63) is 131 Å². The van der Waals surface area contributed by atoms with E-state index >= 15 is 0 Å². The molecule has 210 valence electrons. The molecule has 5 aromatic rings. The van der Waals surface area contributed by atoms with Gasteiger partial charge in [-0.25, -0.2) is 4.68 Å². The fourth-order valence-corrected chi connectivity index (χ4v) is 6.45. The molecule has 0 saturated carbocycles. The number of amides is 2. The lowest BCUT2D eigenvalue weighted by Gasteiger charge is -2.23. The number of thioether (sulfide) groups is 1. The van der Waals surface area contributed by atoms with Crippen LogP contribution in [0.1, 0.15) is 33.1 Å². The first kappa shape index (κ1) is 27.5. The highest BCUT2D eigenvalue weighted by atomic mass is 32.2. The number of hydrogen-bond donors (Lipinski definition) is 1. The molecule has 0 radical (unpaired) electrons. The van der Waals surface area contributed by atoms with Gasteiger partial charge in [0.1, 0.15) is 12.4 Å². The van der Waals surface area contributed by atoms with Crippen LogP contribution >= 0.6 is 11.8 Å². The molecule has 0 bridgehead atoms. The Morgan fingerprint density at radius 1 is 0.929 bits per heavy atom. The van der Waals surface area contributed by atoms with Crippen LogP contribution in [0.25, 0.3) is 16.9 Å². The maximum atomic E-state index is 13.9. The second-order valence-corrected chi connectivity index (χ2v) is 11.5. The summed E-state index contributed by atoms with van der Waals surface area (Å²) < 4.78 is 1.84. The van der Waals surface area contributed by atoms with Gasteiger partial charge in [-0.3, -0.25) is 19.5 Å². The fourth-order valence-electron chi connectivity index (χ4n) is 5.27. The second-order valence-electron chi connectivity index (χ2n) is 10.4. The number of carbonyl (C=O) groups excluding carboxylic acids is 2. The molecular weight excluding hydrogens is 542 g/mol. The van der Waals surface area contributed by atoms with Crippen LogP contribution in [0.4, 0.5) is 5.82 Å². The predicted octanol–water partition coefficient (Wildman–Crippen LogP) is 6.04. The number of carbonyl (C=O) groups is 2. The van der Waals surface area contributed by atoms with Gasteiger partial charge < -0.3 is 5.32 Å². The molecule has 1 atom stereocenters. The molecule has 1 aliphatic heterocycles. The Labute approximate surface area is 249 Å². The summed E-state index contributed by atoms with van der Waals surface area (Å²) in [4.78, 5) is 32.9. The minimum atomic E-state index is -0.247. The molecule has 8 heteroatoms. The van der Waals surface area contributed by atoms with Crippen molar-refractivity contribution in [2.24, 2.45) is 0 Å². The number of aromatic nitrogens is 3. The van der Waals surface area contributed by atoms with Gasteiger partial charge in [-0.1, -0.05) is 72.3 Å². The molecule has 0 saturated heterocycles. The third-order valence-corrected chi connectivity index (χ3v) is 8.52. The average molecular weight is 574 g/mol. The quantitative estimate of drug-likeness (QED) is 0.257. The number of nitrogens with zero attached hydrogens (tertiary/aromatic N) is 4. The maximum absolute atomic E-state index is 13.9. The van der Waals surface area contributed by atoms with Crippen LogP contribution in [0.15, 0.2) is 103 Å². The molecule has 1 aliphatic rings. The Hall–Kier alpha value is -4.69. The summed E-state index contributed by atoms with van der Waals surface area (Å²) in [6, 6.07) is 30.2. The van der Waals surface area contributed by atoms with Crippen LogP contribution in [0.5, 0.6) is 0 Å². The monoisotopic (exact) mass is 573 g/mol. The normalized spacial score (nSPS) is 14.8. The Balaban J connectivity index is 1.52. The molecule has 42 heavy (non-hydrogen) atoms. The summed E-state index contributed by atoms with van der Waals surface area (Å²) in [6.45, 7) is 4.34. The number of aryl methyl sites for hydroxylation is 2. The van der Waals surface area contributed by atoms with Gasteiger partial charge in [-0.05, 0) is 54.8 Å². The topological polar surface area (TPSA) is 80.1 Å². The van der Waals surface area contributed by atoms with Gasteiger partial charge in [0.15, 0.2) is 0 Å². The Kier molecular flexibility index (Phi) is 7.88. The lowest BCUT2D eigenvalue weighted by molar-refractivity contribution is -0.123. The molecule has 2 aromatic heterocycles. The molecule has 0 spiro atoms. The molecule has 7 nitrogen and oxygen atoms in total. The van der Waals surface area contributed by atoms with Crippen LogP contribution in [-0.2, 0) is 16.1 Å². The number of benzene rings is 3. The van der Waals surface area contributed by atoms with Crippen LogP contribution in [0.3, 0.4) is 0 Å². The number of nitrogens with one attached hydrogen (secondary N) is 1. The van der Waals surface area contributed by atoms with E-state index in [1.54, 1.807) is 29.1 Å². The van der Waals surface area contributed by atoms with Gasteiger partial charge in [0.05, 0.1) is 22.4 Å². The number of anilines is 1. The highest BCUT2D eigenvalue weighted by Gasteiger charge is 2.37. The highest BCUT2D eigenvalue weighted by molar-refractivity contribution is 8.00. The van der Waals surface area contributed by atoms with Gasteiger partial charge in [-0.15, -0.1) is 11.8 Å². The SMILES string of the molecule is Cc1cccc([C@H]2SCC(=O)N(CC(=O)NCc3ccncc3)c3c2c(-c2ccccc2)nn3-c2cccc(C)c2)c1. The summed E-state index contributed by atoms with van der Waals surface area (Å²) in [5.41, 5.74) is 7.75. The van der Waals surface area contributed by atoms with Gasteiger partial charge in [0.2, 0.25) is 11.8 Å². The molecule has 0 aliphatic carbocycles. The first-order chi connectivity index (χ1) is 20.5. The zero-order valence-corrected chi connectivity index (χ0v) is 24.3. The average Bonchev–Trinajstić information content (AvgIpc) is 3.33. The van der Waals surface area contributed by atoms with Crippen molar-refractivity contribution in [3.63, 3.8) is 0 Å². The molecule has 3 aromatic carbocycles. The predicted molar refractivity (Wildman–Crippen MR) is 168 cm³/mol. The lowest BCUT2D eigenvalue weighted by atomic mass is 9.98. The van der Waals surface area contributed by atoms with Crippen molar-refractivity contribution in [1.82, 2.24) is 20.1 Å². The van der Waals surface area contributed by atoms with Crippen molar-refractivity contribution >= 4 is 29.4 Å². The number of hydrogen-bond acceptors (Lipinski definition) is 5. The molecule has 0 unspecified atom stereocenters. The van der Waals surface area contributed by atoms with Gasteiger partial charge in [0.25, 0.3) is 0 Å². The van der Waals surface area contributed by atoms with E-state index in [4.69, 9.17) is 5.10 Å². The third kappa shape index (κ3) is 5.71.